The van der Waals surface area contributed by atoms with Gasteiger partial charge in [0.05, 0.1) is 23.7 Å². The third-order valence-electron chi connectivity index (χ3n) is 6.50. The summed E-state index contributed by atoms with van der Waals surface area (Å²) >= 11 is 0. The number of anilines is 1. The van der Waals surface area contributed by atoms with Crippen molar-refractivity contribution in [2.24, 2.45) is 5.41 Å². The number of rotatable bonds is 4. The molecule has 29 heavy (non-hydrogen) atoms. The molecule has 0 aliphatic carbocycles. The molecule has 0 saturated carbocycles. The predicted octanol–water partition coefficient (Wildman–Crippen LogP) is 2.58. The highest BCUT2D eigenvalue weighted by molar-refractivity contribution is 5.96. The van der Waals surface area contributed by atoms with Gasteiger partial charge in [-0.1, -0.05) is 30.3 Å². The summed E-state index contributed by atoms with van der Waals surface area (Å²) in [5.41, 5.74) is 1.29. The summed E-state index contributed by atoms with van der Waals surface area (Å²) in [6.45, 7) is 2.22. The Balaban J connectivity index is 1.49. The molecule has 6 nitrogen and oxygen atoms in total. The van der Waals surface area contributed by atoms with Crippen LogP contribution >= 0.6 is 0 Å². The molecule has 4 rings (SSSR count). The number of likely N-dealkylation sites (tertiary alicyclic amines) is 2. The van der Waals surface area contributed by atoms with Crippen LogP contribution in [-0.4, -0.2) is 59.3 Å². The molecule has 0 bridgehead atoms. The third-order valence-corrected chi connectivity index (χ3v) is 6.50. The van der Waals surface area contributed by atoms with Crippen LogP contribution < -0.4 is 5.32 Å². The number of hydrogen-bond donors (Lipinski definition) is 1. The van der Waals surface area contributed by atoms with E-state index in [-0.39, 0.29) is 17.9 Å². The van der Waals surface area contributed by atoms with Crippen molar-refractivity contribution in [2.45, 2.75) is 31.7 Å². The highest BCUT2D eigenvalue weighted by Gasteiger charge is 2.52. The van der Waals surface area contributed by atoms with Crippen molar-refractivity contribution >= 4 is 17.5 Å². The molecule has 1 aromatic heterocycles. The van der Waals surface area contributed by atoms with Gasteiger partial charge in [0.15, 0.2) is 0 Å². The van der Waals surface area contributed by atoms with Crippen molar-refractivity contribution in [1.82, 2.24) is 14.8 Å². The summed E-state index contributed by atoms with van der Waals surface area (Å²) < 4.78 is 0. The minimum absolute atomic E-state index is 0.0530. The van der Waals surface area contributed by atoms with E-state index in [1.807, 2.05) is 47.4 Å². The molecule has 152 valence electrons. The summed E-state index contributed by atoms with van der Waals surface area (Å²) in [7, 11) is 2.09. The Kier molecular flexibility index (Phi) is 5.62. The number of amides is 2. The summed E-state index contributed by atoms with van der Waals surface area (Å²) in [6, 6.07) is 13.7. The van der Waals surface area contributed by atoms with Gasteiger partial charge in [0.2, 0.25) is 11.8 Å². The smallest absolute Gasteiger partial charge is 0.232 e. The van der Waals surface area contributed by atoms with Crippen LogP contribution in [0.5, 0.6) is 0 Å². The van der Waals surface area contributed by atoms with E-state index in [0.717, 1.165) is 30.6 Å². The lowest BCUT2D eigenvalue weighted by Gasteiger charge is -2.34. The van der Waals surface area contributed by atoms with Crippen molar-refractivity contribution in [1.29, 1.82) is 0 Å². The minimum atomic E-state index is -0.466. The molecule has 2 atom stereocenters. The number of carbonyl (C=O) groups is 2. The molecule has 6 heteroatoms. The van der Waals surface area contributed by atoms with Crippen LogP contribution in [0.4, 0.5) is 5.69 Å². The van der Waals surface area contributed by atoms with Crippen molar-refractivity contribution in [3.05, 3.63) is 60.4 Å². The quantitative estimate of drug-likeness (QED) is 0.869. The molecular formula is C23H28N4O2. The molecule has 2 fully saturated rings. The molecule has 0 spiro atoms. The zero-order valence-electron chi connectivity index (χ0n) is 16.9. The maximum absolute atomic E-state index is 13.4. The van der Waals surface area contributed by atoms with Gasteiger partial charge in [0, 0.05) is 25.3 Å². The first-order valence-corrected chi connectivity index (χ1v) is 10.3. The topological polar surface area (TPSA) is 65.5 Å². The highest BCUT2D eigenvalue weighted by Crippen LogP contribution is 2.44. The van der Waals surface area contributed by atoms with E-state index in [9.17, 15) is 9.59 Å². The monoisotopic (exact) mass is 392 g/mol. The second-order valence-corrected chi connectivity index (χ2v) is 8.18. The average Bonchev–Trinajstić information content (AvgIpc) is 2.94. The van der Waals surface area contributed by atoms with Crippen LogP contribution in [0.2, 0.25) is 0 Å². The van der Waals surface area contributed by atoms with Gasteiger partial charge < -0.3 is 15.1 Å². The first kappa shape index (κ1) is 19.6. The second-order valence-electron chi connectivity index (χ2n) is 8.18. The number of benzene rings is 1. The fourth-order valence-electron chi connectivity index (χ4n) is 4.84. The Hall–Kier alpha value is -2.73. The van der Waals surface area contributed by atoms with Crippen molar-refractivity contribution < 1.29 is 9.59 Å². The van der Waals surface area contributed by atoms with Gasteiger partial charge in [-0.05, 0) is 50.6 Å². The molecule has 2 aliphatic rings. The average molecular weight is 393 g/mol. The maximum Gasteiger partial charge on any atom is 0.232 e. The van der Waals surface area contributed by atoms with Crippen LogP contribution in [0.3, 0.4) is 0 Å². The van der Waals surface area contributed by atoms with Gasteiger partial charge >= 0.3 is 0 Å². The fraction of sp³-hybridized carbons (Fsp3) is 0.435. The molecule has 2 amide bonds. The van der Waals surface area contributed by atoms with E-state index < -0.39 is 5.41 Å². The summed E-state index contributed by atoms with van der Waals surface area (Å²) in [6.07, 6.45) is 6.11. The Morgan fingerprint density at radius 2 is 1.90 bits per heavy atom. The number of carbonyl (C=O) groups excluding carboxylic acids is 2. The Morgan fingerprint density at radius 1 is 1.10 bits per heavy atom. The molecule has 3 heterocycles. The van der Waals surface area contributed by atoms with Crippen molar-refractivity contribution in [3.8, 4) is 0 Å². The summed E-state index contributed by atoms with van der Waals surface area (Å²) in [5, 5.41) is 3.07. The van der Waals surface area contributed by atoms with E-state index in [4.69, 9.17) is 0 Å². The van der Waals surface area contributed by atoms with Crippen LogP contribution in [0, 0.1) is 5.41 Å². The number of hydrogen-bond acceptors (Lipinski definition) is 4. The van der Waals surface area contributed by atoms with E-state index in [2.05, 4.69) is 22.2 Å². The molecule has 0 radical (unpaired) electrons. The number of nitrogens with one attached hydrogen (secondary N) is 1. The van der Waals surface area contributed by atoms with Crippen LogP contribution in [0.25, 0.3) is 0 Å². The zero-order chi connectivity index (χ0) is 20.3. The maximum atomic E-state index is 13.4. The summed E-state index contributed by atoms with van der Waals surface area (Å²) in [5.74, 6) is 0.193. The Morgan fingerprint density at radius 3 is 2.66 bits per heavy atom. The third kappa shape index (κ3) is 4.03. The molecule has 1 N–H and O–H groups in total. The minimum Gasteiger partial charge on any atom is -0.342 e. The Bertz CT molecular complexity index is 858. The van der Waals surface area contributed by atoms with E-state index in [1.54, 1.807) is 12.4 Å². The lowest BCUT2D eigenvalue weighted by atomic mass is 9.75. The molecular weight excluding hydrogens is 364 g/mol. The predicted molar refractivity (Wildman–Crippen MR) is 112 cm³/mol. The summed E-state index contributed by atoms with van der Waals surface area (Å²) in [4.78, 5) is 34.6. The van der Waals surface area contributed by atoms with Gasteiger partial charge in [-0.3, -0.25) is 14.6 Å². The van der Waals surface area contributed by atoms with E-state index in [0.29, 0.717) is 25.9 Å². The highest BCUT2D eigenvalue weighted by atomic mass is 16.2. The molecule has 2 aliphatic heterocycles. The lowest BCUT2D eigenvalue weighted by Crippen LogP contribution is -2.46. The first-order chi connectivity index (χ1) is 14.1. The van der Waals surface area contributed by atoms with Gasteiger partial charge in [0.25, 0.3) is 0 Å². The van der Waals surface area contributed by atoms with E-state index >= 15 is 0 Å². The van der Waals surface area contributed by atoms with Gasteiger partial charge in [0.1, 0.15) is 0 Å². The first-order valence-electron chi connectivity index (χ1n) is 10.3. The van der Waals surface area contributed by atoms with Crippen LogP contribution in [0.15, 0.2) is 54.9 Å². The van der Waals surface area contributed by atoms with Gasteiger partial charge in [-0.25, -0.2) is 0 Å². The largest absolute Gasteiger partial charge is 0.342 e. The van der Waals surface area contributed by atoms with Gasteiger partial charge in [-0.2, -0.15) is 0 Å². The van der Waals surface area contributed by atoms with Crippen molar-refractivity contribution in [3.63, 3.8) is 0 Å². The normalized spacial score (nSPS) is 24.6. The standard InChI is InChI=1S/C23H28N4O2/c1-26-14-10-23(22(29)25-19-8-5-12-24-17-19)11-15-27(13-9-20(23)26)21(28)16-18-6-3-2-4-7-18/h2-8,12,17,20H,9-11,13-16H2,1H3,(H,25,29)/t20-,23-/m1/s1. The molecule has 0 unspecified atom stereocenters. The van der Waals surface area contributed by atoms with Gasteiger partial charge in [-0.15, -0.1) is 0 Å². The van der Waals surface area contributed by atoms with E-state index in [1.165, 1.54) is 0 Å². The number of pyridine rings is 1. The van der Waals surface area contributed by atoms with Crippen LogP contribution in [0.1, 0.15) is 24.8 Å². The SMILES string of the molecule is CN1CC[C@@]2(C(=O)Nc3cccnc3)CCN(C(=O)Cc3ccccc3)CC[C@@H]12. The van der Waals surface area contributed by atoms with Crippen LogP contribution in [-0.2, 0) is 16.0 Å². The number of fused-ring (bicyclic) bond motifs is 1. The molecule has 2 saturated heterocycles. The Labute approximate surface area is 171 Å². The fourth-order valence-corrected chi connectivity index (χ4v) is 4.84. The lowest BCUT2D eigenvalue weighted by molar-refractivity contribution is -0.131. The number of nitrogens with zero attached hydrogens (tertiary/aromatic N) is 3. The molecule has 1 aromatic carbocycles. The zero-order valence-corrected chi connectivity index (χ0v) is 16.9. The molecule has 2 aromatic rings. The number of aromatic nitrogens is 1. The van der Waals surface area contributed by atoms with Crippen molar-refractivity contribution in [2.75, 3.05) is 32.0 Å². The second kappa shape index (κ2) is 8.33.